The molecule has 2 aromatic rings. The van der Waals surface area contributed by atoms with Crippen molar-refractivity contribution in [2.45, 2.75) is 52.4 Å². The third-order valence-corrected chi connectivity index (χ3v) is 3.43. The molecular formula is C19H25N3O. The van der Waals surface area contributed by atoms with Crippen LogP contribution in [0.5, 0.6) is 5.75 Å². The van der Waals surface area contributed by atoms with Crippen LogP contribution in [0.1, 0.15) is 64.3 Å². The van der Waals surface area contributed by atoms with Crippen LogP contribution < -0.4 is 0 Å². The van der Waals surface area contributed by atoms with E-state index in [0.717, 1.165) is 5.56 Å². The molecule has 23 heavy (non-hydrogen) atoms. The minimum atomic E-state index is -0.260. The second-order valence-corrected chi connectivity index (χ2v) is 7.75. The number of rotatable bonds is 2. The molecule has 0 aliphatic carbocycles. The number of nitrogens with zero attached hydrogens (tertiary/aromatic N) is 3. The van der Waals surface area contributed by atoms with Crippen molar-refractivity contribution in [3.63, 3.8) is 0 Å². The first-order valence-electron chi connectivity index (χ1n) is 7.79. The Morgan fingerprint density at radius 3 is 1.91 bits per heavy atom. The van der Waals surface area contributed by atoms with Gasteiger partial charge in [-0.2, -0.15) is 0 Å². The highest BCUT2D eigenvalue weighted by Gasteiger charge is 2.28. The average molecular weight is 311 g/mol. The SMILES string of the molecule is CC(C)(C)c1nc(C=Cc2cccnc2)nc(C(C)(C)C)c1O. The molecule has 0 unspecified atom stereocenters. The zero-order valence-electron chi connectivity index (χ0n) is 14.8. The summed E-state index contributed by atoms with van der Waals surface area (Å²) in [4.78, 5) is 13.2. The first kappa shape index (κ1) is 17.1. The van der Waals surface area contributed by atoms with Gasteiger partial charge in [-0.15, -0.1) is 0 Å². The molecule has 4 heteroatoms. The summed E-state index contributed by atoms with van der Waals surface area (Å²) in [5.74, 6) is 0.796. The van der Waals surface area contributed by atoms with Gasteiger partial charge in [0.15, 0.2) is 11.6 Å². The first-order chi connectivity index (χ1) is 10.6. The van der Waals surface area contributed by atoms with Crippen LogP contribution in [-0.2, 0) is 10.8 Å². The molecule has 0 atom stereocenters. The van der Waals surface area contributed by atoms with Crippen LogP contribution in [0.15, 0.2) is 24.5 Å². The highest BCUT2D eigenvalue weighted by molar-refractivity contribution is 5.66. The van der Waals surface area contributed by atoms with E-state index in [0.29, 0.717) is 17.2 Å². The van der Waals surface area contributed by atoms with Crippen LogP contribution in [0.3, 0.4) is 0 Å². The molecule has 0 amide bonds. The Bertz CT molecular complexity index is 673. The lowest BCUT2D eigenvalue weighted by Crippen LogP contribution is -2.21. The van der Waals surface area contributed by atoms with Crippen molar-refractivity contribution in [3.05, 3.63) is 47.3 Å². The zero-order valence-corrected chi connectivity index (χ0v) is 14.8. The Morgan fingerprint density at radius 2 is 1.48 bits per heavy atom. The van der Waals surface area contributed by atoms with E-state index in [9.17, 15) is 5.11 Å². The van der Waals surface area contributed by atoms with Gasteiger partial charge in [0.25, 0.3) is 0 Å². The van der Waals surface area contributed by atoms with Crippen molar-refractivity contribution in [2.24, 2.45) is 0 Å². The third-order valence-electron chi connectivity index (χ3n) is 3.43. The second-order valence-electron chi connectivity index (χ2n) is 7.75. The summed E-state index contributed by atoms with van der Waals surface area (Å²) in [6.45, 7) is 12.2. The van der Waals surface area contributed by atoms with Crippen LogP contribution in [-0.4, -0.2) is 20.1 Å². The van der Waals surface area contributed by atoms with Gasteiger partial charge >= 0.3 is 0 Å². The monoisotopic (exact) mass is 311 g/mol. The van der Waals surface area contributed by atoms with Gasteiger partial charge in [-0.1, -0.05) is 47.6 Å². The fourth-order valence-corrected chi connectivity index (χ4v) is 2.24. The summed E-state index contributed by atoms with van der Waals surface area (Å²) in [5, 5.41) is 10.6. The molecule has 0 saturated heterocycles. The van der Waals surface area contributed by atoms with E-state index >= 15 is 0 Å². The van der Waals surface area contributed by atoms with Gasteiger partial charge in [0.2, 0.25) is 0 Å². The van der Waals surface area contributed by atoms with Crippen molar-refractivity contribution < 1.29 is 5.11 Å². The molecule has 0 spiro atoms. The Morgan fingerprint density at radius 1 is 0.913 bits per heavy atom. The van der Waals surface area contributed by atoms with Gasteiger partial charge in [0, 0.05) is 23.2 Å². The predicted molar refractivity (Wildman–Crippen MR) is 94.3 cm³/mol. The summed E-state index contributed by atoms with van der Waals surface area (Å²) < 4.78 is 0. The van der Waals surface area contributed by atoms with Gasteiger partial charge in [0.05, 0.1) is 11.4 Å². The summed E-state index contributed by atoms with van der Waals surface area (Å²) in [5.41, 5.74) is 1.80. The van der Waals surface area contributed by atoms with Crippen LogP contribution >= 0.6 is 0 Å². The maximum absolute atomic E-state index is 10.6. The van der Waals surface area contributed by atoms with E-state index in [-0.39, 0.29) is 16.6 Å². The lowest BCUT2D eigenvalue weighted by molar-refractivity contribution is 0.406. The van der Waals surface area contributed by atoms with Crippen molar-refractivity contribution in [1.29, 1.82) is 0 Å². The fraction of sp³-hybridized carbons (Fsp3) is 0.421. The largest absolute Gasteiger partial charge is 0.504 e. The highest BCUT2D eigenvalue weighted by Crippen LogP contribution is 2.36. The van der Waals surface area contributed by atoms with Gasteiger partial charge in [-0.25, -0.2) is 9.97 Å². The molecule has 0 radical (unpaired) electrons. The van der Waals surface area contributed by atoms with Crippen molar-refractivity contribution in [3.8, 4) is 5.75 Å². The summed E-state index contributed by atoms with van der Waals surface area (Å²) in [7, 11) is 0. The topological polar surface area (TPSA) is 58.9 Å². The van der Waals surface area contributed by atoms with Gasteiger partial charge in [-0.05, 0) is 23.8 Å². The predicted octanol–water partition coefficient (Wildman–Crippen LogP) is 4.34. The standard InChI is InChI=1S/C19H25N3O/c1-18(2,3)16-15(23)17(19(4,5)6)22-14(21-16)10-9-13-8-7-11-20-12-13/h7-12,23H,1-6H3. The molecule has 1 N–H and O–H groups in total. The normalized spacial score (nSPS) is 12.8. The van der Waals surface area contributed by atoms with Crippen molar-refractivity contribution in [2.75, 3.05) is 0 Å². The summed E-state index contributed by atoms with van der Waals surface area (Å²) >= 11 is 0. The highest BCUT2D eigenvalue weighted by atomic mass is 16.3. The number of aromatic nitrogens is 3. The van der Waals surface area contributed by atoms with Crippen LogP contribution in [0.2, 0.25) is 0 Å². The van der Waals surface area contributed by atoms with Gasteiger partial charge in [-0.3, -0.25) is 4.98 Å². The maximum atomic E-state index is 10.6. The van der Waals surface area contributed by atoms with Crippen LogP contribution in [0, 0.1) is 0 Å². The average Bonchev–Trinajstić information content (AvgIpc) is 2.44. The lowest BCUT2D eigenvalue weighted by Gasteiger charge is -2.25. The number of pyridine rings is 1. The second kappa shape index (κ2) is 6.11. The Labute approximate surface area is 138 Å². The summed E-state index contributed by atoms with van der Waals surface area (Å²) in [6, 6.07) is 3.86. The van der Waals surface area contributed by atoms with E-state index in [1.165, 1.54) is 0 Å². The van der Waals surface area contributed by atoms with Crippen molar-refractivity contribution >= 4 is 12.2 Å². The molecule has 122 valence electrons. The van der Waals surface area contributed by atoms with E-state index < -0.39 is 0 Å². The fourth-order valence-electron chi connectivity index (χ4n) is 2.24. The Kier molecular flexibility index (Phi) is 4.55. The number of hydrogen-bond acceptors (Lipinski definition) is 4. The minimum Gasteiger partial charge on any atom is -0.504 e. The first-order valence-corrected chi connectivity index (χ1v) is 7.79. The maximum Gasteiger partial charge on any atom is 0.159 e. The molecule has 2 heterocycles. The Balaban J connectivity index is 2.54. The Hall–Kier alpha value is -2.23. The molecule has 0 aromatic carbocycles. The van der Waals surface area contributed by atoms with Crippen LogP contribution in [0.25, 0.3) is 12.2 Å². The molecule has 4 nitrogen and oxygen atoms in total. The molecule has 0 fully saturated rings. The molecule has 0 saturated carbocycles. The lowest BCUT2D eigenvalue weighted by atomic mass is 9.85. The third kappa shape index (κ3) is 4.15. The van der Waals surface area contributed by atoms with Crippen LogP contribution in [0.4, 0.5) is 0 Å². The molecule has 2 rings (SSSR count). The van der Waals surface area contributed by atoms with E-state index in [1.807, 2.05) is 65.8 Å². The molecule has 0 aliphatic heterocycles. The summed E-state index contributed by atoms with van der Waals surface area (Å²) in [6.07, 6.45) is 7.31. The number of hydrogen-bond donors (Lipinski definition) is 1. The minimum absolute atomic E-state index is 0.198. The quantitative estimate of drug-likeness (QED) is 0.896. The molecule has 2 aromatic heterocycles. The van der Waals surface area contributed by atoms with Crippen molar-refractivity contribution in [1.82, 2.24) is 15.0 Å². The van der Waals surface area contributed by atoms with E-state index in [1.54, 1.807) is 12.4 Å². The molecule has 0 aliphatic rings. The zero-order chi connectivity index (χ0) is 17.3. The molecule has 0 bridgehead atoms. The molecular weight excluding hydrogens is 286 g/mol. The van der Waals surface area contributed by atoms with Gasteiger partial charge < -0.3 is 5.11 Å². The smallest absolute Gasteiger partial charge is 0.159 e. The number of aromatic hydroxyl groups is 1. The van der Waals surface area contributed by atoms with Gasteiger partial charge in [0.1, 0.15) is 0 Å². The van der Waals surface area contributed by atoms with E-state index in [2.05, 4.69) is 15.0 Å². The van der Waals surface area contributed by atoms with E-state index in [4.69, 9.17) is 0 Å².